The standard InChI is InChI=1S/C13H9FN6O/c1-21-12-10-11(17-6-18-12)20(13(16)19-10)8-2-3-9(14)7(4-8)5-15/h2-4,6H,1H3,(H2,16,19). The monoisotopic (exact) mass is 284 g/mol. The topological polar surface area (TPSA) is 103 Å². The average molecular weight is 284 g/mol. The molecule has 0 aliphatic carbocycles. The lowest BCUT2D eigenvalue weighted by Gasteiger charge is -2.06. The molecular formula is C13H9FN6O. The van der Waals surface area contributed by atoms with Gasteiger partial charge in [0.15, 0.2) is 11.2 Å². The van der Waals surface area contributed by atoms with E-state index in [0.717, 1.165) is 0 Å². The fraction of sp³-hybridized carbons (Fsp3) is 0.0769. The second-order valence-electron chi connectivity index (χ2n) is 4.14. The smallest absolute Gasteiger partial charge is 0.245 e. The maximum atomic E-state index is 13.4. The number of fused-ring (bicyclic) bond motifs is 1. The Morgan fingerprint density at radius 1 is 1.38 bits per heavy atom. The maximum absolute atomic E-state index is 13.4. The zero-order chi connectivity index (χ0) is 15.0. The van der Waals surface area contributed by atoms with Gasteiger partial charge in [0.25, 0.3) is 0 Å². The quantitative estimate of drug-likeness (QED) is 0.763. The molecule has 0 fully saturated rings. The van der Waals surface area contributed by atoms with E-state index in [1.54, 1.807) is 6.07 Å². The highest BCUT2D eigenvalue weighted by atomic mass is 19.1. The van der Waals surface area contributed by atoms with Crippen LogP contribution in [0.1, 0.15) is 5.56 Å². The van der Waals surface area contributed by atoms with E-state index in [4.69, 9.17) is 15.7 Å². The summed E-state index contributed by atoms with van der Waals surface area (Å²) in [5.74, 6) is -0.177. The van der Waals surface area contributed by atoms with Crippen LogP contribution in [-0.2, 0) is 0 Å². The lowest BCUT2D eigenvalue weighted by molar-refractivity contribution is 0.401. The largest absolute Gasteiger partial charge is 0.479 e. The summed E-state index contributed by atoms with van der Waals surface area (Å²) in [6.07, 6.45) is 1.31. The van der Waals surface area contributed by atoms with Crippen LogP contribution in [0.25, 0.3) is 16.9 Å². The molecule has 3 aromatic rings. The molecule has 0 saturated carbocycles. The Hall–Kier alpha value is -3.21. The van der Waals surface area contributed by atoms with Crippen LogP contribution in [0.15, 0.2) is 24.5 Å². The van der Waals surface area contributed by atoms with E-state index >= 15 is 0 Å². The summed E-state index contributed by atoms with van der Waals surface area (Å²) in [5, 5.41) is 8.91. The van der Waals surface area contributed by atoms with Crippen LogP contribution in [0.2, 0.25) is 0 Å². The number of imidazole rings is 1. The Morgan fingerprint density at radius 2 is 2.19 bits per heavy atom. The summed E-state index contributed by atoms with van der Waals surface area (Å²) in [6.45, 7) is 0. The highest BCUT2D eigenvalue weighted by Crippen LogP contribution is 2.26. The molecule has 0 radical (unpaired) electrons. The molecule has 1 aromatic carbocycles. The van der Waals surface area contributed by atoms with Crippen molar-refractivity contribution >= 4 is 17.1 Å². The van der Waals surface area contributed by atoms with Gasteiger partial charge in [0.05, 0.1) is 18.4 Å². The van der Waals surface area contributed by atoms with Crippen molar-refractivity contribution in [1.29, 1.82) is 5.26 Å². The third-order valence-corrected chi connectivity index (χ3v) is 2.96. The third kappa shape index (κ3) is 1.92. The lowest BCUT2D eigenvalue weighted by Crippen LogP contribution is -2.02. The van der Waals surface area contributed by atoms with E-state index in [9.17, 15) is 4.39 Å². The summed E-state index contributed by atoms with van der Waals surface area (Å²) in [5.41, 5.74) is 7.08. The van der Waals surface area contributed by atoms with E-state index in [0.29, 0.717) is 16.9 Å². The molecule has 21 heavy (non-hydrogen) atoms. The first-order valence-corrected chi connectivity index (χ1v) is 5.88. The van der Waals surface area contributed by atoms with E-state index in [1.807, 2.05) is 0 Å². The Balaban J connectivity index is 2.31. The number of nitrogens with two attached hydrogens (primary N) is 1. The summed E-state index contributed by atoms with van der Waals surface area (Å²) < 4.78 is 20.0. The van der Waals surface area contributed by atoms with Gasteiger partial charge in [0.2, 0.25) is 11.8 Å². The van der Waals surface area contributed by atoms with Gasteiger partial charge < -0.3 is 10.5 Å². The number of rotatable bonds is 2. The van der Waals surface area contributed by atoms with Crippen LogP contribution >= 0.6 is 0 Å². The highest BCUT2D eigenvalue weighted by Gasteiger charge is 2.16. The van der Waals surface area contributed by atoms with Gasteiger partial charge in [-0.15, -0.1) is 0 Å². The van der Waals surface area contributed by atoms with Crippen LogP contribution in [0.4, 0.5) is 10.3 Å². The minimum Gasteiger partial charge on any atom is -0.479 e. The third-order valence-electron chi connectivity index (χ3n) is 2.96. The Bertz CT molecular complexity index is 882. The van der Waals surface area contributed by atoms with Gasteiger partial charge in [0.1, 0.15) is 18.2 Å². The zero-order valence-electron chi connectivity index (χ0n) is 10.9. The molecule has 0 unspecified atom stereocenters. The fourth-order valence-electron chi connectivity index (χ4n) is 2.03. The SMILES string of the molecule is COc1ncnc2c1nc(N)n2-c1ccc(F)c(C#N)c1. The molecule has 0 atom stereocenters. The molecule has 0 bridgehead atoms. The zero-order valence-corrected chi connectivity index (χ0v) is 10.9. The lowest BCUT2D eigenvalue weighted by atomic mass is 10.2. The number of halogens is 1. The Morgan fingerprint density at radius 3 is 2.90 bits per heavy atom. The highest BCUT2D eigenvalue weighted by molar-refractivity contribution is 5.81. The number of methoxy groups -OCH3 is 1. The van der Waals surface area contributed by atoms with Crippen LogP contribution in [0.3, 0.4) is 0 Å². The van der Waals surface area contributed by atoms with E-state index in [-0.39, 0.29) is 17.4 Å². The molecule has 0 aliphatic heterocycles. The molecule has 0 aliphatic rings. The summed E-state index contributed by atoms with van der Waals surface area (Å²) in [4.78, 5) is 12.2. The second kappa shape index (κ2) is 4.72. The summed E-state index contributed by atoms with van der Waals surface area (Å²) in [7, 11) is 1.46. The number of hydrogen-bond donors (Lipinski definition) is 1. The Labute approximate surface area is 118 Å². The van der Waals surface area contributed by atoms with E-state index in [2.05, 4.69) is 15.0 Å². The van der Waals surface area contributed by atoms with Crippen molar-refractivity contribution in [2.75, 3.05) is 12.8 Å². The average Bonchev–Trinajstić information content (AvgIpc) is 2.83. The van der Waals surface area contributed by atoms with Crippen LogP contribution in [0, 0.1) is 17.1 Å². The predicted molar refractivity (Wildman–Crippen MR) is 72.3 cm³/mol. The van der Waals surface area contributed by atoms with Crippen molar-refractivity contribution in [2.24, 2.45) is 0 Å². The van der Waals surface area contributed by atoms with Gasteiger partial charge in [-0.1, -0.05) is 0 Å². The molecule has 8 heteroatoms. The predicted octanol–water partition coefficient (Wildman–Crippen LogP) is 1.42. The molecule has 0 amide bonds. The molecule has 0 spiro atoms. The van der Waals surface area contributed by atoms with Crippen molar-refractivity contribution in [3.8, 4) is 17.6 Å². The van der Waals surface area contributed by atoms with E-state index in [1.165, 1.54) is 36.2 Å². The van der Waals surface area contributed by atoms with Crippen molar-refractivity contribution < 1.29 is 9.13 Å². The van der Waals surface area contributed by atoms with E-state index < -0.39 is 5.82 Å². The van der Waals surface area contributed by atoms with Crippen molar-refractivity contribution in [2.45, 2.75) is 0 Å². The molecule has 0 saturated heterocycles. The van der Waals surface area contributed by atoms with Crippen LogP contribution in [0.5, 0.6) is 5.88 Å². The molecule has 2 aromatic heterocycles. The molecule has 2 heterocycles. The fourth-order valence-corrected chi connectivity index (χ4v) is 2.03. The number of nitriles is 1. The number of anilines is 1. The number of nitrogen functional groups attached to an aromatic ring is 1. The molecule has 7 nitrogen and oxygen atoms in total. The number of ether oxygens (including phenoxy) is 1. The number of aromatic nitrogens is 4. The minimum atomic E-state index is -0.601. The summed E-state index contributed by atoms with van der Waals surface area (Å²) in [6, 6.07) is 5.84. The Kier molecular flexibility index (Phi) is 2.88. The van der Waals surface area contributed by atoms with Crippen molar-refractivity contribution in [1.82, 2.24) is 19.5 Å². The van der Waals surface area contributed by atoms with Gasteiger partial charge in [0, 0.05) is 0 Å². The molecule has 3 rings (SSSR count). The number of benzene rings is 1. The molecular weight excluding hydrogens is 275 g/mol. The van der Waals surface area contributed by atoms with Crippen LogP contribution < -0.4 is 10.5 Å². The molecule has 104 valence electrons. The van der Waals surface area contributed by atoms with Gasteiger partial charge in [-0.2, -0.15) is 10.2 Å². The minimum absolute atomic E-state index is 0.0882. The van der Waals surface area contributed by atoms with Crippen molar-refractivity contribution in [3.05, 3.63) is 35.9 Å². The second-order valence-corrected chi connectivity index (χ2v) is 4.14. The van der Waals surface area contributed by atoms with Crippen molar-refractivity contribution in [3.63, 3.8) is 0 Å². The normalized spacial score (nSPS) is 10.5. The summed E-state index contributed by atoms with van der Waals surface area (Å²) >= 11 is 0. The maximum Gasteiger partial charge on any atom is 0.245 e. The number of nitrogens with zero attached hydrogens (tertiary/aromatic N) is 5. The molecule has 2 N–H and O–H groups in total. The van der Waals surface area contributed by atoms with Gasteiger partial charge >= 0.3 is 0 Å². The van der Waals surface area contributed by atoms with Crippen LogP contribution in [-0.4, -0.2) is 26.6 Å². The first-order chi connectivity index (χ1) is 10.2. The first kappa shape index (κ1) is 12.8. The van der Waals surface area contributed by atoms with Gasteiger partial charge in [-0.05, 0) is 18.2 Å². The van der Waals surface area contributed by atoms with Gasteiger partial charge in [-0.3, -0.25) is 4.57 Å². The number of hydrogen-bond acceptors (Lipinski definition) is 6. The first-order valence-electron chi connectivity index (χ1n) is 5.88. The van der Waals surface area contributed by atoms with Gasteiger partial charge in [-0.25, -0.2) is 14.4 Å².